The van der Waals surface area contributed by atoms with E-state index in [4.69, 9.17) is 16.3 Å². The zero-order chi connectivity index (χ0) is 24.2. The monoisotopic (exact) mass is 476 g/mol. The van der Waals surface area contributed by atoms with Gasteiger partial charge in [0.2, 0.25) is 0 Å². The Hall–Kier alpha value is -3.38. The SMILES string of the molecule is CCCCc1ccc(-n2nc3cc(C)c(NC(=O)COc4cc(C)c(Cl)c(C)c4)cc3n2)cc1. The van der Waals surface area contributed by atoms with E-state index in [1.54, 1.807) is 4.80 Å². The third-order valence-electron chi connectivity index (χ3n) is 5.77. The molecular weight excluding hydrogens is 448 g/mol. The highest BCUT2D eigenvalue weighted by Gasteiger charge is 2.12. The van der Waals surface area contributed by atoms with Gasteiger partial charge in [0, 0.05) is 10.7 Å². The molecule has 4 rings (SSSR count). The topological polar surface area (TPSA) is 69.0 Å². The summed E-state index contributed by atoms with van der Waals surface area (Å²) in [6.07, 6.45) is 3.44. The lowest BCUT2D eigenvalue weighted by molar-refractivity contribution is -0.118. The van der Waals surface area contributed by atoms with Crippen molar-refractivity contribution >= 4 is 34.2 Å². The van der Waals surface area contributed by atoms with Crippen LogP contribution in [-0.4, -0.2) is 27.5 Å². The van der Waals surface area contributed by atoms with Gasteiger partial charge in [0.25, 0.3) is 5.91 Å². The van der Waals surface area contributed by atoms with E-state index in [0.717, 1.165) is 34.3 Å². The second-order valence-electron chi connectivity index (χ2n) is 8.62. The molecule has 4 aromatic rings. The number of amides is 1. The Morgan fingerprint density at radius 1 is 0.971 bits per heavy atom. The van der Waals surface area contributed by atoms with Gasteiger partial charge in [-0.15, -0.1) is 10.2 Å². The predicted octanol–water partition coefficient (Wildman–Crippen LogP) is 6.36. The maximum atomic E-state index is 12.5. The summed E-state index contributed by atoms with van der Waals surface area (Å²) in [6.45, 7) is 7.85. The fourth-order valence-electron chi connectivity index (χ4n) is 3.82. The molecule has 0 saturated carbocycles. The number of fused-ring (bicyclic) bond motifs is 1. The Bertz CT molecular complexity index is 1310. The first-order chi connectivity index (χ1) is 16.3. The molecule has 0 radical (unpaired) electrons. The number of nitrogens with zero attached hydrogens (tertiary/aromatic N) is 3. The number of rotatable bonds is 8. The quantitative estimate of drug-likeness (QED) is 0.321. The minimum atomic E-state index is -0.247. The molecule has 1 aromatic heterocycles. The molecule has 0 unspecified atom stereocenters. The summed E-state index contributed by atoms with van der Waals surface area (Å²) >= 11 is 6.20. The Kier molecular flexibility index (Phi) is 7.17. The van der Waals surface area contributed by atoms with E-state index >= 15 is 0 Å². The number of aryl methyl sites for hydroxylation is 4. The highest BCUT2D eigenvalue weighted by molar-refractivity contribution is 6.32. The number of halogens is 1. The van der Waals surface area contributed by atoms with Gasteiger partial charge in [0.1, 0.15) is 16.8 Å². The summed E-state index contributed by atoms with van der Waals surface area (Å²) in [5.41, 5.74) is 7.12. The van der Waals surface area contributed by atoms with E-state index in [1.807, 2.05) is 57.2 Å². The normalized spacial score (nSPS) is 11.1. The summed E-state index contributed by atoms with van der Waals surface area (Å²) < 4.78 is 5.68. The summed E-state index contributed by atoms with van der Waals surface area (Å²) in [6, 6.07) is 15.8. The standard InChI is InChI=1S/C27H29ClN4O2/c1-5-6-7-20-8-10-21(11-9-20)32-30-24-14-17(2)23(15-25(24)31-32)29-26(33)16-34-22-12-18(3)27(28)19(4)13-22/h8-15H,5-7,16H2,1-4H3,(H,29,33). The van der Waals surface area contributed by atoms with Crippen LogP contribution >= 0.6 is 11.6 Å². The molecule has 0 fully saturated rings. The molecule has 6 nitrogen and oxygen atoms in total. The molecule has 0 aliphatic rings. The zero-order valence-corrected chi connectivity index (χ0v) is 20.7. The Balaban J connectivity index is 1.46. The van der Waals surface area contributed by atoms with Crippen molar-refractivity contribution in [2.45, 2.75) is 47.0 Å². The van der Waals surface area contributed by atoms with Gasteiger partial charge in [-0.1, -0.05) is 37.1 Å². The van der Waals surface area contributed by atoms with Crippen LogP contribution in [0.5, 0.6) is 5.75 Å². The molecular formula is C27H29ClN4O2. The molecule has 1 amide bonds. The van der Waals surface area contributed by atoms with Crippen molar-refractivity contribution < 1.29 is 9.53 Å². The highest BCUT2D eigenvalue weighted by Crippen LogP contribution is 2.26. The van der Waals surface area contributed by atoms with Crippen molar-refractivity contribution in [3.05, 3.63) is 75.8 Å². The van der Waals surface area contributed by atoms with Gasteiger partial charge >= 0.3 is 0 Å². The number of nitrogens with one attached hydrogen (secondary N) is 1. The number of unbranched alkanes of at least 4 members (excludes halogenated alkanes) is 1. The van der Waals surface area contributed by atoms with Crippen molar-refractivity contribution in [2.75, 3.05) is 11.9 Å². The molecule has 3 aromatic carbocycles. The fourth-order valence-corrected chi connectivity index (χ4v) is 3.93. The minimum absolute atomic E-state index is 0.102. The first kappa shape index (κ1) is 23.8. The van der Waals surface area contributed by atoms with Crippen LogP contribution < -0.4 is 10.1 Å². The van der Waals surface area contributed by atoms with Gasteiger partial charge in [0.15, 0.2) is 6.61 Å². The Labute approximate surface area is 204 Å². The summed E-state index contributed by atoms with van der Waals surface area (Å²) in [4.78, 5) is 14.2. The maximum absolute atomic E-state index is 12.5. The van der Waals surface area contributed by atoms with E-state index in [2.05, 4.69) is 34.6 Å². The molecule has 7 heteroatoms. The number of hydrogen-bond donors (Lipinski definition) is 1. The first-order valence-electron chi connectivity index (χ1n) is 11.5. The van der Waals surface area contributed by atoms with Crippen LogP contribution in [0.3, 0.4) is 0 Å². The third-order valence-corrected chi connectivity index (χ3v) is 6.36. The van der Waals surface area contributed by atoms with Gasteiger partial charge in [-0.05, 0) is 92.3 Å². The molecule has 0 bridgehead atoms. The number of hydrogen-bond acceptors (Lipinski definition) is 4. The minimum Gasteiger partial charge on any atom is -0.484 e. The zero-order valence-electron chi connectivity index (χ0n) is 20.0. The van der Waals surface area contributed by atoms with Crippen molar-refractivity contribution in [1.82, 2.24) is 15.0 Å². The number of ether oxygens (including phenoxy) is 1. The second kappa shape index (κ2) is 10.3. The van der Waals surface area contributed by atoms with Crippen molar-refractivity contribution in [3.8, 4) is 11.4 Å². The number of benzene rings is 3. The van der Waals surface area contributed by atoms with Crippen molar-refractivity contribution in [2.24, 2.45) is 0 Å². The van der Waals surface area contributed by atoms with Gasteiger partial charge in [-0.2, -0.15) is 4.80 Å². The van der Waals surface area contributed by atoms with Crippen molar-refractivity contribution in [1.29, 1.82) is 0 Å². The number of aromatic nitrogens is 3. The molecule has 34 heavy (non-hydrogen) atoms. The van der Waals surface area contributed by atoms with Crippen LogP contribution in [0, 0.1) is 20.8 Å². The van der Waals surface area contributed by atoms with Gasteiger partial charge in [0.05, 0.1) is 5.69 Å². The van der Waals surface area contributed by atoms with Crippen LogP contribution in [-0.2, 0) is 11.2 Å². The lowest BCUT2D eigenvalue weighted by atomic mass is 10.1. The lowest BCUT2D eigenvalue weighted by Gasteiger charge is -2.11. The van der Waals surface area contributed by atoms with Crippen LogP contribution in [0.25, 0.3) is 16.7 Å². The van der Waals surface area contributed by atoms with Gasteiger partial charge < -0.3 is 10.1 Å². The average molecular weight is 477 g/mol. The molecule has 0 spiro atoms. The molecule has 0 aliphatic carbocycles. The van der Waals surface area contributed by atoms with E-state index in [1.165, 1.54) is 18.4 Å². The van der Waals surface area contributed by atoms with E-state index in [0.29, 0.717) is 22.0 Å². The second-order valence-corrected chi connectivity index (χ2v) is 9.00. The van der Waals surface area contributed by atoms with Crippen LogP contribution in [0.1, 0.15) is 42.0 Å². The van der Waals surface area contributed by atoms with Gasteiger partial charge in [-0.3, -0.25) is 4.79 Å². The number of anilines is 1. The molecule has 0 aliphatic heterocycles. The van der Waals surface area contributed by atoms with Gasteiger partial charge in [-0.25, -0.2) is 0 Å². The summed E-state index contributed by atoms with van der Waals surface area (Å²) in [5.74, 6) is 0.369. The molecule has 0 saturated heterocycles. The Morgan fingerprint density at radius 2 is 1.62 bits per heavy atom. The van der Waals surface area contributed by atoms with E-state index in [9.17, 15) is 4.79 Å². The highest BCUT2D eigenvalue weighted by atomic mass is 35.5. The average Bonchev–Trinajstić information content (AvgIpc) is 3.23. The lowest BCUT2D eigenvalue weighted by Crippen LogP contribution is -2.20. The molecule has 176 valence electrons. The van der Waals surface area contributed by atoms with E-state index < -0.39 is 0 Å². The molecule has 0 atom stereocenters. The van der Waals surface area contributed by atoms with Crippen LogP contribution in [0.2, 0.25) is 5.02 Å². The fraction of sp³-hybridized carbons (Fsp3) is 0.296. The molecule has 1 N–H and O–H groups in total. The molecule has 1 heterocycles. The summed E-state index contributed by atoms with van der Waals surface area (Å²) in [7, 11) is 0. The van der Waals surface area contributed by atoms with Crippen molar-refractivity contribution in [3.63, 3.8) is 0 Å². The van der Waals surface area contributed by atoms with E-state index in [-0.39, 0.29) is 12.5 Å². The maximum Gasteiger partial charge on any atom is 0.262 e. The van der Waals surface area contributed by atoms with Crippen LogP contribution in [0.15, 0.2) is 48.5 Å². The summed E-state index contributed by atoms with van der Waals surface area (Å²) in [5, 5.41) is 12.9. The first-order valence-corrected chi connectivity index (χ1v) is 11.9. The smallest absolute Gasteiger partial charge is 0.262 e. The largest absolute Gasteiger partial charge is 0.484 e. The Morgan fingerprint density at radius 3 is 2.26 bits per heavy atom. The third kappa shape index (κ3) is 5.39. The van der Waals surface area contributed by atoms with Crippen LogP contribution in [0.4, 0.5) is 5.69 Å². The predicted molar refractivity (Wildman–Crippen MR) is 137 cm³/mol. The number of carbonyl (C=O) groups is 1. The number of carbonyl (C=O) groups excluding carboxylic acids is 1.